The van der Waals surface area contributed by atoms with E-state index in [1.54, 1.807) is 4.90 Å². The van der Waals surface area contributed by atoms with Crippen LogP contribution in [0.4, 0.5) is 0 Å². The average Bonchev–Trinajstić information content (AvgIpc) is 3.17. The van der Waals surface area contributed by atoms with Gasteiger partial charge in [-0.3, -0.25) is 19.5 Å². The highest BCUT2D eigenvalue weighted by Crippen LogP contribution is 2.31. The maximum absolute atomic E-state index is 13.2. The van der Waals surface area contributed by atoms with Gasteiger partial charge in [-0.05, 0) is 25.7 Å². The lowest BCUT2D eigenvalue weighted by molar-refractivity contribution is -0.138. The lowest BCUT2D eigenvalue weighted by atomic mass is 9.97. The number of nitrogens with zero attached hydrogens (tertiary/aromatic N) is 4. The number of piperidine rings is 1. The van der Waals surface area contributed by atoms with Gasteiger partial charge in [0.1, 0.15) is 0 Å². The Bertz CT molecular complexity index is 1020. The summed E-state index contributed by atoms with van der Waals surface area (Å²) in [6.45, 7) is 7.48. The number of carbonyl (C=O) groups is 2. The van der Waals surface area contributed by atoms with Crippen LogP contribution in [0.2, 0.25) is 0 Å². The maximum Gasteiger partial charge on any atom is 0.277 e. The molecule has 0 spiro atoms. The van der Waals surface area contributed by atoms with Crippen LogP contribution in [-0.2, 0) is 22.6 Å². The number of amides is 2. The predicted molar refractivity (Wildman–Crippen MR) is 113 cm³/mol. The molecule has 0 radical (unpaired) electrons. The van der Waals surface area contributed by atoms with Crippen LogP contribution in [0.15, 0.2) is 10.9 Å². The molecule has 8 heteroatoms. The second kappa shape index (κ2) is 8.24. The molecule has 0 aliphatic carbocycles. The fraction of sp³-hybridized carbons (Fsp3) is 0.636. The van der Waals surface area contributed by atoms with Crippen LogP contribution in [0.25, 0.3) is 5.65 Å². The molecule has 4 heterocycles. The van der Waals surface area contributed by atoms with Crippen molar-refractivity contribution in [3.05, 3.63) is 33.4 Å². The number of H-pyrrole nitrogens is 1. The summed E-state index contributed by atoms with van der Waals surface area (Å²) in [6, 6.07) is 1.85. The summed E-state index contributed by atoms with van der Waals surface area (Å²) < 4.78 is 1.48. The molecule has 162 valence electrons. The molecule has 1 saturated heterocycles. The van der Waals surface area contributed by atoms with Crippen molar-refractivity contribution in [2.75, 3.05) is 13.1 Å². The highest BCUT2D eigenvalue weighted by Gasteiger charge is 2.31. The molecule has 1 atom stereocenters. The molecule has 2 aromatic heterocycles. The maximum atomic E-state index is 13.2. The molecular formula is C22H31N5O3. The smallest absolute Gasteiger partial charge is 0.277 e. The van der Waals surface area contributed by atoms with Gasteiger partial charge in [0.15, 0.2) is 5.65 Å². The van der Waals surface area contributed by atoms with Crippen molar-refractivity contribution < 1.29 is 9.59 Å². The fourth-order valence-corrected chi connectivity index (χ4v) is 4.61. The number of hydrogen-bond acceptors (Lipinski definition) is 4. The molecule has 2 aliphatic rings. The van der Waals surface area contributed by atoms with Gasteiger partial charge in [0, 0.05) is 37.9 Å². The lowest BCUT2D eigenvalue weighted by Gasteiger charge is -2.36. The summed E-state index contributed by atoms with van der Waals surface area (Å²) >= 11 is 0. The third-order valence-electron chi connectivity index (χ3n) is 6.24. The van der Waals surface area contributed by atoms with Gasteiger partial charge in [-0.2, -0.15) is 0 Å². The zero-order chi connectivity index (χ0) is 21.4. The molecule has 0 aromatic carbocycles. The van der Waals surface area contributed by atoms with E-state index in [-0.39, 0.29) is 29.3 Å². The zero-order valence-electron chi connectivity index (χ0n) is 18.1. The number of aromatic amines is 1. The van der Waals surface area contributed by atoms with Gasteiger partial charge in [-0.15, -0.1) is 0 Å². The molecule has 0 bridgehead atoms. The second-order valence-corrected chi connectivity index (χ2v) is 8.76. The Hall–Kier alpha value is -2.64. The number of hydrogen-bond donors (Lipinski definition) is 1. The molecular weight excluding hydrogens is 382 g/mol. The average molecular weight is 414 g/mol. The van der Waals surface area contributed by atoms with Gasteiger partial charge in [-0.25, -0.2) is 9.50 Å². The summed E-state index contributed by atoms with van der Waals surface area (Å²) in [5.41, 5.74) is 2.67. The monoisotopic (exact) mass is 413 g/mol. The van der Waals surface area contributed by atoms with E-state index in [1.807, 2.05) is 31.7 Å². The van der Waals surface area contributed by atoms with Crippen molar-refractivity contribution in [1.82, 2.24) is 24.4 Å². The van der Waals surface area contributed by atoms with E-state index in [9.17, 15) is 14.4 Å². The number of nitrogens with one attached hydrogen (secondary N) is 1. The van der Waals surface area contributed by atoms with E-state index in [4.69, 9.17) is 4.98 Å². The molecule has 4 rings (SSSR count). The van der Waals surface area contributed by atoms with Crippen LogP contribution >= 0.6 is 0 Å². The molecule has 0 unspecified atom stereocenters. The highest BCUT2D eigenvalue weighted by molar-refractivity contribution is 5.78. The molecule has 2 amide bonds. The minimum Gasteiger partial charge on any atom is -0.338 e. The molecule has 8 nitrogen and oxygen atoms in total. The van der Waals surface area contributed by atoms with Crippen LogP contribution in [-0.4, -0.2) is 49.3 Å². The molecule has 0 saturated carbocycles. The van der Waals surface area contributed by atoms with E-state index < -0.39 is 0 Å². The Balaban J connectivity index is 1.69. The number of rotatable bonds is 4. The van der Waals surface area contributed by atoms with Gasteiger partial charge in [-0.1, -0.05) is 20.8 Å². The standard InChI is InChI=1S/C22H31N5O3/c1-4-7-20(28)25-11-9-16-15(13-25)22(30)27-19(23-16)12-17(24-27)18-8-5-6-10-26(18)21(29)14(2)3/h12,14,18,24H,4-11,13H2,1-3H3/t18-/m0/s1. The zero-order valence-corrected chi connectivity index (χ0v) is 18.1. The van der Waals surface area contributed by atoms with Gasteiger partial charge in [0.05, 0.1) is 29.5 Å². The van der Waals surface area contributed by atoms with Gasteiger partial charge < -0.3 is 9.80 Å². The number of fused-ring (bicyclic) bond motifs is 2. The summed E-state index contributed by atoms with van der Waals surface area (Å²) in [5.74, 6) is 0.169. The predicted octanol–water partition coefficient (Wildman–Crippen LogP) is 2.42. The largest absolute Gasteiger partial charge is 0.338 e. The third kappa shape index (κ3) is 3.63. The SMILES string of the molecule is CCCC(=O)N1CCc2nc3cc([C@@H]4CCCCN4C(=O)C(C)C)[nH]n3c(=O)c2C1. The van der Waals surface area contributed by atoms with E-state index >= 15 is 0 Å². The Labute approximate surface area is 176 Å². The topological polar surface area (TPSA) is 90.8 Å². The van der Waals surface area contributed by atoms with Gasteiger partial charge in [0.2, 0.25) is 11.8 Å². The Morgan fingerprint density at radius 2 is 2.07 bits per heavy atom. The van der Waals surface area contributed by atoms with E-state index in [2.05, 4.69) is 5.10 Å². The summed E-state index contributed by atoms with van der Waals surface area (Å²) in [4.78, 5) is 46.6. The Kier molecular flexibility index (Phi) is 5.66. The van der Waals surface area contributed by atoms with Gasteiger partial charge in [0.25, 0.3) is 5.56 Å². The van der Waals surface area contributed by atoms with Crippen LogP contribution in [0, 0.1) is 5.92 Å². The quantitative estimate of drug-likeness (QED) is 0.833. The Morgan fingerprint density at radius 1 is 1.27 bits per heavy atom. The molecule has 1 fully saturated rings. The first-order chi connectivity index (χ1) is 14.4. The molecule has 30 heavy (non-hydrogen) atoms. The number of aromatic nitrogens is 3. The van der Waals surface area contributed by atoms with E-state index in [0.717, 1.165) is 43.6 Å². The van der Waals surface area contributed by atoms with Crippen molar-refractivity contribution in [2.24, 2.45) is 5.92 Å². The third-order valence-corrected chi connectivity index (χ3v) is 6.24. The van der Waals surface area contributed by atoms with Crippen LogP contribution in [0.5, 0.6) is 0 Å². The van der Waals surface area contributed by atoms with Crippen molar-refractivity contribution in [1.29, 1.82) is 0 Å². The minimum atomic E-state index is -0.146. The van der Waals surface area contributed by atoms with Crippen molar-refractivity contribution in [3.63, 3.8) is 0 Å². The first-order valence-corrected chi connectivity index (χ1v) is 11.1. The van der Waals surface area contributed by atoms with E-state index in [0.29, 0.717) is 37.1 Å². The number of likely N-dealkylation sites (tertiary alicyclic amines) is 1. The highest BCUT2D eigenvalue weighted by atomic mass is 16.2. The van der Waals surface area contributed by atoms with Crippen LogP contribution in [0.1, 0.15) is 75.9 Å². The van der Waals surface area contributed by atoms with Crippen LogP contribution < -0.4 is 5.56 Å². The summed E-state index contributed by atoms with van der Waals surface area (Å²) in [7, 11) is 0. The van der Waals surface area contributed by atoms with Crippen molar-refractivity contribution >= 4 is 17.5 Å². The molecule has 2 aromatic rings. The first-order valence-electron chi connectivity index (χ1n) is 11.1. The minimum absolute atomic E-state index is 0.0604. The van der Waals surface area contributed by atoms with Crippen molar-refractivity contribution in [2.45, 2.75) is 71.9 Å². The first kappa shape index (κ1) is 20.6. The van der Waals surface area contributed by atoms with Crippen LogP contribution in [0.3, 0.4) is 0 Å². The summed E-state index contributed by atoms with van der Waals surface area (Å²) in [5, 5.41) is 3.22. The normalized spacial score (nSPS) is 19.4. The Morgan fingerprint density at radius 3 is 2.80 bits per heavy atom. The second-order valence-electron chi connectivity index (χ2n) is 8.76. The van der Waals surface area contributed by atoms with Crippen molar-refractivity contribution in [3.8, 4) is 0 Å². The lowest BCUT2D eigenvalue weighted by Crippen LogP contribution is -2.41. The fourth-order valence-electron chi connectivity index (χ4n) is 4.61. The van der Waals surface area contributed by atoms with E-state index in [1.165, 1.54) is 4.52 Å². The molecule has 2 aliphatic heterocycles. The van der Waals surface area contributed by atoms with Gasteiger partial charge >= 0.3 is 0 Å². The summed E-state index contributed by atoms with van der Waals surface area (Å²) in [6.07, 6.45) is 4.82. The molecule has 1 N–H and O–H groups in total. The number of carbonyl (C=O) groups excluding carboxylic acids is 2.